The molecule has 2 atom stereocenters. The van der Waals surface area contributed by atoms with Gasteiger partial charge in [0.15, 0.2) is 0 Å². The lowest BCUT2D eigenvalue weighted by molar-refractivity contribution is 0.178. The number of rotatable bonds is 3. The lowest BCUT2D eigenvalue weighted by Crippen LogP contribution is -2.37. The second-order valence-electron chi connectivity index (χ2n) is 6.40. The number of nitrogens with two attached hydrogens (primary N) is 1. The van der Waals surface area contributed by atoms with Gasteiger partial charge in [0.1, 0.15) is 11.9 Å². The SMILES string of the molecule is NCC1(CC2Cc3ccccc3O2)CCc2ccccc21. The van der Waals surface area contributed by atoms with Crippen molar-refractivity contribution in [3.63, 3.8) is 0 Å². The molecule has 2 heteroatoms. The highest BCUT2D eigenvalue weighted by Gasteiger charge is 2.41. The second kappa shape index (κ2) is 4.88. The van der Waals surface area contributed by atoms with Crippen molar-refractivity contribution in [1.29, 1.82) is 0 Å². The molecule has 2 aromatic rings. The number of benzene rings is 2. The topological polar surface area (TPSA) is 35.2 Å². The molecule has 1 aliphatic heterocycles. The molecule has 2 aromatic carbocycles. The van der Waals surface area contributed by atoms with Gasteiger partial charge >= 0.3 is 0 Å². The van der Waals surface area contributed by atoms with Crippen molar-refractivity contribution in [2.75, 3.05) is 6.54 Å². The fraction of sp³-hybridized carbons (Fsp3) is 0.368. The summed E-state index contributed by atoms with van der Waals surface area (Å²) in [6.07, 6.45) is 4.60. The summed E-state index contributed by atoms with van der Waals surface area (Å²) in [5.41, 5.74) is 10.6. The van der Waals surface area contributed by atoms with Crippen molar-refractivity contribution < 1.29 is 4.74 Å². The van der Waals surface area contributed by atoms with E-state index in [9.17, 15) is 0 Å². The largest absolute Gasteiger partial charge is 0.490 e. The van der Waals surface area contributed by atoms with E-state index in [0.717, 1.165) is 31.4 Å². The molecule has 21 heavy (non-hydrogen) atoms. The first-order chi connectivity index (χ1) is 10.3. The number of ether oxygens (including phenoxy) is 1. The zero-order valence-corrected chi connectivity index (χ0v) is 12.2. The third kappa shape index (κ3) is 2.06. The van der Waals surface area contributed by atoms with Crippen molar-refractivity contribution in [3.05, 3.63) is 65.2 Å². The standard InChI is InChI=1S/C19H21NO/c20-13-19(10-9-14-5-1-3-7-17(14)19)12-16-11-15-6-2-4-8-18(15)21-16/h1-8,16H,9-13,20H2. The first kappa shape index (κ1) is 12.9. The molecule has 2 aliphatic rings. The molecule has 108 valence electrons. The molecule has 1 heterocycles. The minimum atomic E-state index is 0.100. The van der Waals surface area contributed by atoms with Crippen LogP contribution >= 0.6 is 0 Å². The van der Waals surface area contributed by atoms with E-state index in [1.807, 2.05) is 6.07 Å². The third-order valence-corrected chi connectivity index (χ3v) is 5.18. The molecular weight excluding hydrogens is 258 g/mol. The van der Waals surface area contributed by atoms with Crippen LogP contribution in [0.25, 0.3) is 0 Å². The van der Waals surface area contributed by atoms with E-state index in [4.69, 9.17) is 10.5 Å². The first-order valence-electron chi connectivity index (χ1n) is 7.84. The molecule has 0 saturated heterocycles. The highest BCUT2D eigenvalue weighted by molar-refractivity contribution is 5.41. The number of para-hydroxylation sites is 1. The van der Waals surface area contributed by atoms with Crippen LogP contribution in [0.3, 0.4) is 0 Å². The molecule has 0 radical (unpaired) electrons. The van der Waals surface area contributed by atoms with E-state index in [2.05, 4.69) is 42.5 Å². The van der Waals surface area contributed by atoms with Crippen LogP contribution in [0.5, 0.6) is 5.75 Å². The van der Waals surface area contributed by atoms with Gasteiger partial charge in [0, 0.05) is 18.4 Å². The first-order valence-corrected chi connectivity index (χ1v) is 7.84. The predicted octanol–water partition coefficient (Wildman–Crippen LogP) is 3.22. The zero-order valence-electron chi connectivity index (χ0n) is 12.2. The van der Waals surface area contributed by atoms with E-state index in [1.54, 1.807) is 0 Å². The molecule has 2 nitrogen and oxygen atoms in total. The fourth-order valence-corrected chi connectivity index (χ4v) is 4.08. The Morgan fingerprint density at radius 3 is 2.62 bits per heavy atom. The molecule has 4 rings (SSSR count). The quantitative estimate of drug-likeness (QED) is 0.936. The Morgan fingerprint density at radius 1 is 1.05 bits per heavy atom. The predicted molar refractivity (Wildman–Crippen MR) is 84.7 cm³/mol. The van der Waals surface area contributed by atoms with Crippen molar-refractivity contribution in [3.8, 4) is 5.75 Å². The Balaban J connectivity index is 1.60. The van der Waals surface area contributed by atoms with Gasteiger partial charge in [0.2, 0.25) is 0 Å². The molecule has 0 saturated carbocycles. The number of hydrogen-bond donors (Lipinski definition) is 1. The van der Waals surface area contributed by atoms with Gasteiger partial charge in [-0.05, 0) is 42.0 Å². The average Bonchev–Trinajstić information content (AvgIpc) is 3.09. The number of fused-ring (bicyclic) bond motifs is 2. The molecule has 0 amide bonds. The summed E-state index contributed by atoms with van der Waals surface area (Å²) in [6, 6.07) is 17.2. The lowest BCUT2D eigenvalue weighted by Gasteiger charge is -2.31. The molecule has 2 unspecified atom stereocenters. The Morgan fingerprint density at radius 2 is 1.81 bits per heavy atom. The summed E-state index contributed by atoms with van der Waals surface area (Å²) in [5.74, 6) is 1.06. The zero-order chi connectivity index (χ0) is 14.3. The summed E-state index contributed by atoms with van der Waals surface area (Å²) in [5, 5.41) is 0. The van der Waals surface area contributed by atoms with Gasteiger partial charge in [-0.25, -0.2) is 0 Å². The van der Waals surface area contributed by atoms with Gasteiger partial charge in [-0.1, -0.05) is 42.5 Å². The smallest absolute Gasteiger partial charge is 0.123 e. The average molecular weight is 279 g/mol. The van der Waals surface area contributed by atoms with Gasteiger partial charge in [-0.15, -0.1) is 0 Å². The minimum absolute atomic E-state index is 0.100. The monoisotopic (exact) mass is 279 g/mol. The van der Waals surface area contributed by atoms with Crippen molar-refractivity contribution in [1.82, 2.24) is 0 Å². The molecule has 1 aliphatic carbocycles. The van der Waals surface area contributed by atoms with E-state index >= 15 is 0 Å². The van der Waals surface area contributed by atoms with Crippen LogP contribution in [0.4, 0.5) is 0 Å². The second-order valence-corrected chi connectivity index (χ2v) is 6.40. The maximum Gasteiger partial charge on any atom is 0.123 e. The van der Waals surface area contributed by atoms with Crippen LogP contribution in [0.2, 0.25) is 0 Å². The Hall–Kier alpha value is -1.80. The number of hydrogen-bond acceptors (Lipinski definition) is 2. The Labute approximate surface area is 125 Å². The van der Waals surface area contributed by atoms with Gasteiger partial charge in [-0.3, -0.25) is 0 Å². The summed E-state index contributed by atoms with van der Waals surface area (Å²) in [7, 11) is 0. The van der Waals surface area contributed by atoms with Crippen molar-refractivity contribution in [2.24, 2.45) is 5.73 Å². The Kier molecular flexibility index (Phi) is 3.00. The van der Waals surface area contributed by atoms with Crippen molar-refractivity contribution in [2.45, 2.75) is 37.2 Å². The van der Waals surface area contributed by atoms with E-state index < -0.39 is 0 Å². The molecule has 0 aromatic heterocycles. The van der Waals surface area contributed by atoms with Gasteiger partial charge in [0.25, 0.3) is 0 Å². The van der Waals surface area contributed by atoms with E-state index in [-0.39, 0.29) is 11.5 Å². The third-order valence-electron chi connectivity index (χ3n) is 5.18. The molecular formula is C19H21NO. The van der Waals surface area contributed by atoms with Crippen molar-refractivity contribution >= 4 is 0 Å². The van der Waals surface area contributed by atoms with Gasteiger partial charge in [0.05, 0.1) is 0 Å². The normalized spacial score (nSPS) is 26.2. The molecule has 0 bridgehead atoms. The maximum atomic E-state index is 6.21. The van der Waals surface area contributed by atoms with Crippen LogP contribution in [-0.2, 0) is 18.3 Å². The molecule has 0 fully saturated rings. The van der Waals surface area contributed by atoms with E-state index in [1.165, 1.54) is 16.7 Å². The molecule has 2 N–H and O–H groups in total. The highest BCUT2D eigenvalue weighted by Crippen LogP contribution is 2.44. The van der Waals surface area contributed by atoms with Crippen LogP contribution in [0, 0.1) is 0 Å². The number of aryl methyl sites for hydroxylation is 1. The summed E-state index contributed by atoms with van der Waals surface area (Å²) in [6.45, 7) is 0.709. The fourth-order valence-electron chi connectivity index (χ4n) is 4.08. The van der Waals surface area contributed by atoms with Gasteiger partial charge < -0.3 is 10.5 Å². The van der Waals surface area contributed by atoms with Crippen LogP contribution in [0.15, 0.2) is 48.5 Å². The summed E-state index contributed by atoms with van der Waals surface area (Å²) in [4.78, 5) is 0. The van der Waals surface area contributed by atoms with Crippen LogP contribution in [-0.4, -0.2) is 12.6 Å². The van der Waals surface area contributed by atoms with Crippen LogP contribution < -0.4 is 10.5 Å². The lowest BCUT2D eigenvalue weighted by atomic mass is 9.76. The minimum Gasteiger partial charge on any atom is -0.490 e. The van der Waals surface area contributed by atoms with Crippen LogP contribution in [0.1, 0.15) is 29.5 Å². The van der Waals surface area contributed by atoms with E-state index in [0.29, 0.717) is 6.54 Å². The highest BCUT2D eigenvalue weighted by atomic mass is 16.5. The summed E-state index contributed by atoms with van der Waals surface area (Å²) < 4.78 is 6.16. The maximum absolute atomic E-state index is 6.21. The Bertz CT molecular complexity index is 641. The summed E-state index contributed by atoms with van der Waals surface area (Å²) >= 11 is 0. The van der Waals surface area contributed by atoms with Gasteiger partial charge in [-0.2, -0.15) is 0 Å². The molecule has 0 spiro atoms.